The summed E-state index contributed by atoms with van der Waals surface area (Å²) < 4.78 is 7.38. The first kappa shape index (κ1) is 28.7. The SMILES string of the molecule is CN(C)CCC(O)(c1ccccc1)c1cc(Br)cc2cc(Cc3ccccc3)c(OCCN3CCCCC3)nc12. The highest BCUT2D eigenvalue weighted by molar-refractivity contribution is 9.10. The van der Waals surface area contributed by atoms with Gasteiger partial charge in [0.25, 0.3) is 0 Å². The van der Waals surface area contributed by atoms with Crippen molar-refractivity contribution >= 4 is 26.8 Å². The number of hydrogen-bond acceptors (Lipinski definition) is 5. The Balaban J connectivity index is 1.59. The van der Waals surface area contributed by atoms with Crippen LogP contribution in [0, 0.1) is 0 Å². The molecule has 0 bridgehead atoms. The Labute approximate surface area is 246 Å². The van der Waals surface area contributed by atoms with E-state index < -0.39 is 5.60 Å². The minimum absolute atomic E-state index is 0.536. The van der Waals surface area contributed by atoms with Crippen molar-refractivity contribution in [2.45, 2.75) is 37.7 Å². The Kier molecular flexibility index (Phi) is 9.53. The molecule has 40 heavy (non-hydrogen) atoms. The number of aromatic nitrogens is 1. The van der Waals surface area contributed by atoms with Crippen molar-refractivity contribution in [3.63, 3.8) is 0 Å². The molecule has 0 radical (unpaired) electrons. The lowest BCUT2D eigenvalue weighted by Gasteiger charge is -2.32. The number of aliphatic hydroxyl groups is 1. The third kappa shape index (κ3) is 6.92. The van der Waals surface area contributed by atoms with E-state index in [2.05, 4.69) is 62.1 Å². The molecule has 0 aliphatic carbocycles. The van der Waals surface area contributed by atoms with Gasteiger partial charge in [0.1, 0.15) is 12.2 Å². The predicted octanol–water partition coefficient (Wildman–Crippen LogP) is 6.64. The standard InChI is InChI=1S/C34H40BrN3O2/c1-37(2)19-16-34(39,29-14-8-4-9-15-29)31-25-30(35)24-27-23-28(22-26-12-6-3-7-13-26)33(36-32(27)31)40-21-20-38-17-10-5-11-18-38/h3-4,6-9,12-15,23-25,39H,5,10-11,16-22H2,1-2H3. The number of benzene rings is 3. The highest BCUT2D eigenvalue weighted by Crippen LogP contribution is 2.40. The number of fused-ring (bicyclic) bond motifs is 1. The van der Waals surface area contributed by atoms with E-state index in [1.165, 1.54) is 24.8 Å². The smallest absolute Gasteiger partial charge is 0.217 e. The van der Waals surface area contributed by atoms with E-state index in [9.17, 15) is 5.11 Å². The molecule has 0 saturated carbocycles. The Hall–Kier alpha value is -2.77. The summed E-state index contributed by atoms with van der Waals surface area (Å²) in [7, 11) is 4.07. The maximum absolute atomic E-state index is 12.4. The average Bonchev–Trinajstić information content (AvgIpc) is 2.97. The van der Waals surface area contributed by atoms with Gasteiger partial charge in [0, 0.05) is 40.5 Å². The minimum atomic E-state index is -1.22. The molecule has 6 heteroatoms. The van der Waals surface area contributed by atoms with Crippen LogP contribution in [0.25, 0.3) is 10.9 Å². The van der Waals surface area contributed by atoms with Crippen LogP contribution in [-0.4, -0.2) is 66.8 Å². The average molecular weight is 603 g/mol. The molecule has 1 aliphatic rings. The van der Waals surface area contributed by atoms with Gasteiger partial charge in [-0.2, -0.15) is 0 Å². The van der Waals surface area contributed by atoms with Crippen LogP contribution in [0.2, 0.25) is 0 Å². The summed E-state index contributed by atoms with van der Waals surface area (Å²) in [5.74, 6) is 0.653. The zero-order valence-electron chi connectivity index (χ0n) is 23.7. The number of rotatable bonds is 11. The molecule has 1 saturated heterocycles. The fourth-order valence-electron chi connectivity index (χ4n) is 5.65. The van der Waals surface area contributed by atoms with Gasteiger partial charge in [-0.25, -0.2) is 4.98 Å². The van der Waals surface area contributed by atoms with Gasteiger partial charge >= 0.3 is 0 Å². The molecular formula is C34H40BrN3O2. The van der Waals surface area contributed by atoms with Gasteiger partial charge in [0.15, 0.2) is 0 Å². The van der Waals surface area contributed by atoms with Crippen LogP contribution >= 0.6 is 15.9 Å². The minimum Gasteiger partial charge on any atom is -0.476 e. The van der Waals surface area contributed by atoms with Crippen LogP contribution in [0.3, 0.4) is 0 Å². The van der Waals surface area contributed by atoms with Crippen LogP contribution in [0.15, 0.2) is 83.3 Å². The number of likely N-dealkylation sites (tertiary alicyclic amines) is 1. The maximum atomic E-state index is 12.4. The van der Waals surface area contributed by atoms with Crippen molar-refractivity contribution < 1.29 is 9.84 Å². The number of nitrogens with zero attached hydrogens (tertiary/aromatic N) is 3. The highest BCUT2D eigenvalue weighted by Gasteiger charge is 2.34. The number of piperidine rings is 1. The van der Waals surface area contributed by atoms with Gasteiger partial charge in [0.05, 0.1) is 5.52 Å². The van der Waals surface area contributed by atoms with E-state index in [1.54, 1.807) is 0 Å². The molecule has 5 rings (SSSR count). The molecule has 210 valence electrons. The zero-order valence-corrected chi connectivity index (χ0v) is 25.2. The van der Waals surface area contributed by atoms with Crippen molar-refractivity contribution in [1.29, 1.82) is 0 Å². The number of ether oxygens (including phenoxy) is 1. The second kappa shape index (κ2) is 13.3. The molecule has 1 atom stereocenters. The molecule has 1 unspecified atom stereocenters. The van der Waals surface area contributed by atoms with Crippen molar-refractivity contribution in [2.24, 2.45) is 0 Å². The lowest BCUT2D eigenvalue weighted by atomic mass is 9.82. The summed E-state index contributed by atoms with van der Waals surface area (Å²) in [6.45, 7) is 4.49. The van der Waals surface area contributed by atoms with E-state index in [4.69, 9.17) is 9.72 Å². The van der Waals surface area contributed by atoms with Gasteiger partial charge < -0.3 is 14.7 Å². The zero-order chi connectivity index (χ0) is 28.0. The summed E-state index contributed by atoms with van der Waals surface area (Å²) >= 11 is 3.74. The molecule has 1 aliphatic heterocycles. The van der Waals surface area contributed by atoms with Crippen molar-refractivity contribution in [3.8, 4) is 5.88 Å². The van der Waals surface area contributed by atoms with Gasteiger partial charge in [-0.15, -0.1) is 0 Å². The van der Waals surface area contributed by atoms with Crippen molar-refractivity contribution in [2.75, 3.05) is 46.9 Å². The number of halogens is 1. The summed E-state index contributed by atoms with van der Waals surface area (Å²) in [6.07, 6.45) is 5.11. The van der Waals surface area contributed by atoms with E-state index in [1.807, 2.05) is 56.6 Å². The lowest BCUT2D eigenvalue weighted by Crippen LogP contribution is -2.33. The largest absolute Gasteiger partial charge is 0.476 e. The lowest BCUT2D eigenvalue weighted by molar-refractivity contribution is 0.0641. The molecule has 2 heterocycles. The van der Waals surface area contributed by atoms with Crippen LogP contribution in [0.5, 0.6) is 5.88 Å². The molecular weight excluding hydrogens is 562 g/mol. The molecule has 1 N–H and O–H groups in total. The molecule has 0 spiro atoms. The van der Waals surface area contributed by atoms with Crippen molar-refractivity contribution in [1.82, 2.24) is 14.8 Å². The molecule has 1 fully saturated rings. The first-order valence-corrected chi connectivity index (χ1v) is 15.2. The molecule has 1 aromatic heterocycles. The van der Waals surface area contributed by atoms with E-state index in [-0.39, 0.29) is 0 Å². The molecule has 5 nitrogen and oxygen atoms in total. The predicted molar refractivity (Wildman–Crippen MR) is 167 cm³/mol. The second-order valence-corrected chi connectivity index (χ2v) is 12.1. The normalized spacial score (nSPS) is 15.8. The number of hydrogen-bond donors (Lipinski definition) is 1. The fraction of sp³-hybridized carbons (Fsp3) is 0.382. The van der Waals surface area contributed by atoms with Crippen molar-refractivity contribution in [3.05, 3.63) is 106 Å². The summed E-state index contributed by atoms with van der Waals surface area (Å²) in [5, 5.41) is 13.4. The van der Waals surface area contributed by atoms with Gasteiger partial charge in [-0.1, -0.05) is 83.0 Å². The van der Waals surface area contributed by atoms with E-state index in [0.29, 0.717) is 18.9 Å². The third-order valence-corrected chi connectivity index (χ3v) is 8.33. The highest BCUT2D eigenvalue weighted by atomic mass is 79.9. The van der Waals surface area contributed by atoms with E-state index in [0.717, 1.165) is 64.7 Å². The van der Waals surface area contributed by atoms with Gasteiger partial charge in [-0.05, 0) is 75.8 Å². The Morgan fingerprint density at radius 1 is 0.950 bits per heavy atom. The van der Waals surface area contributed by atoms with Crippen LogP contribution in [0.1, 0.15) is 47.9 Å². The fourth-order valence-corrected chi connectivity index (χ4v) is 6.12. The Bertz CT molecular complexity index is 1390. The number of pyridine rings is 1. The Morgan fingerprint density at radius 2 is 1.65 bits per heavy atom. The maximum Gasteiger partial charge on any atom is 0.217 e. The van der Waals surface area contributed by atoms with Gasteiger partial charge in [0.2, 0.25) is 5.88 Å². The third-order valence-electron chi connectivity index (χ3n) is 7.87. The second-order valence-electron chi connectivity index (χ2n) is 11.2. The van der Waals surface area contributed by atoms with Gasteiger partial charge in [-0.3, -0.25) is 4.90 Å². The molecule has 3 aromatic carbocycles. The summed E-state index contributed by atoms with van der Waals surface area (Å²) in [4.78, 5) is 9.77. The summed E-state index contributed by atoms with van der Waals surface area (Å²) in [5.41, 5.74) is 3.48. The van der Waals surface area contributed by atoms with Crippen LogP contribution < -0.4 is 4.74 Å². The van der Waals surface area contributed by atoms with Crippen LogP contribution in [-0.2, 0) is 12.0 Å². The molecule has 0 amide bonds. The Morgan fingerprint density at radius 3 is 2.35 bits per heavy atom. The molecule has 4 aromatic rings. The summed E-state index contributed by atoms with van der Waals surface area (Å²) in [6, 6.07) is 26.7. The topological polar surface area (TPSA) is 48.8 Å². The first-order valence-electron chi connectivity index (χ1n) is 14.4. The monoisotopic (exact) mass is 601 g/mol. The quantitative estimate of drug-likeness (QED) is 0.209. The van der Waals surface area contributed by atoms with E-state index >= 15 is 0 Å². The first-order chi connectivity index (χ1) is 19.4. The van der Waals surface area contributed by atoms with Crippen LogP contribution in [0.4, 0.5) is 0 Å².